The molecule has 7 atom stereocenters. The maximum atomic E-state index is 12.1. The van der Waals surface area contributed by atoms with Crippen LogP contribution >= 0.6 is 11.8 Å². The fourth-order valence-corrected chi connectivity index (χ4v) is 9.15. The molecule has 0 aromatic heterocycles. The van der Waals surface area contributed by atoms with Gasteiger partial charge in [-0.25, -0.2) is 0 Å². The molecule has 0 radical (unpaired) electrons. The predicted octanol–water partition coefficient (Wildman–Crippen LogP) is 4.94. The summed E-state index contributed by atoms with van der Waals surface area (Å²) in [6, 6.07) is 0. The van der Waals surface area contributed by atoms with Crippen molar-refractivity contribution in [1.29, 1.82) is 0 Å². The van der Waals surface area contributed by atoms with Crippen LogP contribution in [-0.2, 0) is 14.3 Å². The molecule has 1 unspecified atom stereocenters. The Bertz CT molecular complexity index is 723. The maximum absolute atomic E-state index is 12.1. The van der Waals surface area contributed by atoms with Crippen molar-refractivity contribution in [3.8, 4) is 0 Å². The van der Waals surface area contributed by atoms with E-state index in [-0.39, 0.29) is 27.3 Å². The summed E-state index contributed by atoms with van der Waals surface area (Å²) < 4.78 is 6.26. The standard InChI is InChI=1S/C23H32O3S/c1-14(24)27-19-13-15-12-16(25)4-7-21(15,2)17-5-8-22(3)18(20(17)19)6-9-23(22)10-11-26-23/h12,17-20H,4-11,13H2,1-3H3/t17-,18-,19?,20+,21-,22-,23+/m0/s1. The average molecular weight is 389 g/mol. The molecule has 5 aliphatic rings. The average Bonchev–Trinajstić information content (AvgIpc) is 2.89. The Morgan fingerprint density at radius 2 is 1.89 bits per heavy atom. The highest BCUT2D eigenvalue weighted by Gasteiger charge is 2.68. The topological polar surface area (TPSA) is 43.4 Å². The van der Waals surface area contributed by atoms with E-state index in [1.807, 2.05) is 6.08 Å². The minimum absolute atomic E-state index is 0.119. The molecule has 0 aromatic carbocycles. The molecule has 1 saturated heterocycles. The normalized spacial score (nSPS) is 51.1. The molecule has 3 saturated carbocycles. The molecular weight excluding hydrogens is 356 g/mol. The van der Waals surface area contributed by atoms with Gasteiger partial charge in [0.2, 0.25) is 0 Å². The van der Waals surface area contributed by atoms with E-state index >= 15 is 0 Å². The Morgan fingerprint density at radius 1 is 1.15 bits per heavy atom. The van der Waals surface area contributed by atoms with Crippen LogP contribution < -0.4 is 0 Å². The van der Waals surface area contributed by atoms with Crippen LogP contribution in [0.3, 0.4) is 0 Å². The quantitative estimate of drug-likeness (QED) is 0.638. The second-order valence-corrected chi connectivity index (χ2v) is 11.7. The minimum Gasteiger partial charge on any atom is -0.374 e. The van der Waals surface area contributed by atoms with Crippen molar-refractivity contribution in [2.75, 3.05) is 6.61 Å². The molecule has 148 valence electrons. The fraction of sp³-hybridized carbons (Fsp3) is 0.826. The summed E-state index contributed by atoms with van der Waals surface area (Å²) in [4.78, 5) is 24.3. The van der Waals surface area contributed by atoms with E-state index in [1.165, 1.54) is 37.7 Å². The van der Waals surface area contributed by atoms with Crippen LogP contribution in [0.5, 0.6) is 0 Å². The second kappa shape index (κ2) is 5.95. The van der Waals surface area contributed by atoms with E-state index in [2.05, 4.69) is 13.8 Å². The molecule has 4 heteroatoms. The monoisotopic (exact) mass is 388 g/mol. The van der Waals surface area contributed by atoms with E-state index in [0.717, 1.165) is 19.4 Å². The van der Waals surface area contributed by atoms with Gasteiger partial charge in [-0.1, -0.05) is 31.2 Å². The largest absolute Gasteiger partial charge is 0.374 e. The number of carbonyl (C=O) groups excluding carboxylic acids is 2. The number of carbonyl (C=O) groups is 2. The number of ether oxygens (including phenoxy) is 1. The first-order valence-corrected chi connectivity index (χ1v) is 11.7. The van der Waals surface area contributed by atoms with Crippen molar-refractivity contribution in [2.45, 2.75) is 83.0 Å². The third kappa shape index (κ3) is 2.38. The minimum atomic E-state index is 0.119. The Kier molecular flexibility index (Phi) is 4.06. The van der Waals surface area contributed by atoms with Gasteiger partial charge in [0.25, 0.3) is 0 Å². The fourth-order valence-electron chi connectivity index (χ4n) is 7.92. The summed E-state index contributed by atoms with van der Waals surface area (Å²) in [6.45, 7) is 7.55. The highest BCUT2D eigenvalue weighted by atomic mass is 32.2. The number of rotatable bonds is 1. The van der Waals surface area contributed by atoms with Crippen LogP contribution in [0.4, 0.5) is 0 Å². The summed E-state index contributed by atoms with van der Waals surface area (Å²) in [5.74, 6) is 2.13. The SMILES string of the molecule is CC(=O)SC1CC2=CC(=O)CC[C@]2(C)[C@H]2CC[C@@]3(C)[C@@H](CC[C@@]34CCO4)[C@H]12. The van der Waals surface area contributed by atoms with E-state index in [1.54, 1.807) is 18.7 Å². The maximum Gasteiger partial charge on any atom is 0.186 e. The predicted molar refractivity (Wildman–Crippen MR) is 107 cm³/mol. The third-order valence-electron chi connectivity index (χ3n) is 9.45. The van der Waals surface area contributed by atoms with E-state index in [0.29, 0.717) is 29.4 Å². The van der Waals surface area contributed by atoms with E-state index in [4.69, 9.17) is 4.74 Å². The zero-order valence-electron chi connectivity index (χ0n) is 16.9. The molecular formula is C23H32O3S. The van der Waals surface area contributed by atoms with Crippen molar-refractivity contribution in [3.05, 3.63) is 11.6 Å². The Labute approximate surface area is 167 Å². The number of hydrogen-bond acceptors (Lipinski definition) is 4. The zero-order chi connectivity index (χ0) is 19.0. The molecule has 1 spiro atoms. The lowest BCUT2D eigenvalue weighted by atomic mass is 9.46. The number of ketones is 1. The van der Waals surface area contributed by atoms with Crippen molar-refractivity contribution in [1.82, 2.24) is 0 Å². The van der Waals surface area contributed by atoms with Crippen LogP contribution in [0.25, 0.3) is 0 Å². The van der Waals surface area contributed by atoms with Gasteiger partial charge in [-0.15, -0.1) is 0 Å². The second-order valence-electron chi connectivity index (χ2n) is 10.3. The highest BCUT2D eigenvalue weighted by Crippen LogP contribution is 2.71. The van der Waals surface area contributed by atoms with Crippen molar-refractivity contribution < 1.29 is 14.3 Å². The molecule has 3 nitrogen and oxygen atoms in total. The molecule has 0 aromatic rings. The van der Waals surface area contributed by atoms with E-state index < -0.39 is 0 Å². The summed E-state index contributed by atoms with van der Waals surface area (Å²) in [6.07, 6.45) is 10.7. The molecule has 0 bridgehead atoms. The summed E-state index contributed by atoms with van der Waals surface area (Å²) in [5.41, 5.74) is 1.89. The Morgan fingerprint density at radius 3 is 2.56 bits per heavy atom. The molecule has 1 aliphatic heterocycles. The molecule has 4 aliphatic carbocycles. The highest BCUT2D eigenvalue weighted by molar-refractivity contribution is 8.14. The Hall–Kier alpha value is -0.610. The van der Waals surface area contributed by atoms with Crippen LogP contribution in [0, 0.1) is 28.6 Å². The number of hydrogen-bond donors (Lipinski definition) is 0. The molecule has 27 heavy (non-hydrogen) atoms. The van der Waals surface area contributed by atoms with Gasteiger partial charge in [0.1, 0.15) is 0 Å². The summed E-state index contributed by atoms with van der Waals surface area (Å²) >= 11 is 1.56. The van der Waals surface area contributed by atoms with Gasteiger partial charge in [-0.2, -0.15) is 0 Å². The van der Waals surface area contributed by atoms with Crippen LogP contribution in [-0.4, -0.2) is 28.4 Å². The first-order chi connectivity index (χ1) is 12.8. The van der Waals surface area contributed by atoms with Gasteiger partial charge in [0.15, 0.2) is 10.9 Å². The Balaban J connectivity index is 1.56. The van der Waals surface area contributed by atoms with Gasteiger partial charge in [-0.3, -0.25) is 9.59 Å². The molecule has 5 rings (SSSR count). The van der Waals surface area contributed by atoms with Crippen molar-refractivity contribution >= 4 is 22.7 Å². The van der Waals surface area contributed by atoms with Crippen LogP contribution in [0.15, 0.2) is 11.6 Å². The lowest BCUT2D eigenvalue weighted by Crippen LogP contribution is -2.61. The lowest BCUT2D eigenvalue weighted by molar-refractivity contribution is -0.226. The van der Waals surface area contributed by atoms with Gasteiger partial charge in [0, 0.05) is 25.0 Å². The molecule has 0 amide bonds. The first kappa shape index (κ1) is 18.4. The lowest BCUT2D eigenvalue weighted by Gasteiger charge is -2.62. The van der Waals surface area contributed by atoms with Gasteiger partial charge >= 0.3 is 0 Å². The number of thioether (sulfide) groups is 1. The third-order valence-corrected chi connectivity index (χ3v) is 10.6. The molecule has 4 fully saturated rings. The van der Waals surface area contributed by atoms with E-state index in [9.17, 15) is 9.59 Å². The van der Waals surface area contributed by atoms with Gasteiger partial charge < -0.3 is 4.74 Å². The summed E-state index contributed by atoms with van der Waals surface area (Å²) in [7, 11) is 0. The molecule has 0 N–H and O–H groups in total. The smallest absolute Gasteiger partial charge is 0.186 e. The molecule has 1 heterocycles. The van der Waals surface area contributed by atoms with Crippen LogP contribution in [0.1, 0.15) is 72.1 Å². The number of allylic oxidation sites excluding steroid dienone is 1. The first-order valence-electron chi connectivity index (χ1n) is 10.8. The van der Waals surface area contributed by atoms with Crippen molar-refractivity contribution in [3.63, 3.8) is 0 Å². The van der Waals surface area contributed by atoms with Crippen molar-refractivity contribution in [2.24, 2.45) is 28.6 Å². The van der Waals surface area contributed by atoms with Gasteiger partial charge in [-0.05, 0) is 73.2 Å². The number of fused-ring (bicyclic) bond motifs is 6. The summed E-state index contributed by atoms with van der Waals surface area (Å²) in [5, 5.41) is 0.558. The van der Waals surface area contributed by atoms with Gasteiger partial charge in [0.05, 0.1) is 12.2 Å². The zero-order valence-corrected chi connectivity index (χ0v) is 17.7. The van der Waals surface area contributed by atoms with Crippen LogP contribution in [0.2, 0.25) is 0 Å².